The summed E-state index contributed by atoms with van der Waals surface area (Å²) in [6.45, 7) is 6.40. The fraction of sp³-hybridized carbons (Fsp3) is 0.870. The minimum absolute atomic E-state index is 0.115. The Balaban J connectivity index is 2.88. The number of amides is 1. The van der Waals surface area contributed by atoms with Gasteiger partial charge in [-0.2, -0.15) is 0 Å². The van der Waals surface area contributed by atoms with Crippen LogP contribution in [0.3, 0.4) is 0 Å². The van der Waals surface area contributed by atoms with Crippen LogP contribution in [0, 0.1) is 0 Å². The van der Waals surface area contributed by atoms with Gasteiger partial charge >= 0.3 is 0 Å². The van der Waals surface area contributed by atoms with E-state index < -0.39 is 55.0 Å². The molecule has 7 atom stereocenters. The van der Waals surface area contributed by atoms with Gasteiger partial charge < -0.3 is 40.3 Å². The Morgan fingerprint density at radius 3 is 2.31 bits per heavy atom. The summed E-state index contributed by atoms with van der Waals surface area (Å²) >= 11 is 0. The Bertz CT molecular complexity index is 548. The first-order chi connectivity index (χ1) is 15.3. The Hall–Kier alpha value is -1.07. The lowest BCUT2D eigenvalue weighted by Gasteiger charge is -2.53. The maximum Gasteiger partial charge on any atom is 0.220 e. The van der Waals surface area contributed by atoms with Crippen LogP contribution in [0.5, 0.6) is 0 Å². The molecule has 1 aliphatic heterocycles. The number of unbranched alkanes of at least 4 members (excludes halogenated alkanes) is 6. The van der Waals surface area contributed by atoms with Crippen molar-refractivity contribution in [2.24, 2.45) is 0 Å². The fourth-order valence-electron chi connectivity index (χ4n) is 4.08. The summed E-state index contributed by atoms with van der Waals surface area (Å²) in [5.41, 5.74) is -1.91. The van der Waals surface area contributed by atoms with Crippen LogP contribution in [0.1, 0.15) is 78.1 Å². The molecule has 1 aliphatic rings. The second-order valence-corrected chi connectivity index (χ2v) is 8.47. The topological polar surface area (TPSA) is 149 Å². The molecule has 1 saturated heterocycles. The van der Waals surface area contributed by atoms with Crippen LogP contribution in [0.2, 0.25) is 0 Å². The van der Waals surface area contributed by atoms with Crippen molar-refractivity contribution >= 4 is 5.91 Å². The standard InChI is InChI=1S/C23H43NO8/c1-4-7-8-9-10-11-12-13-14-18(27)24-23(17(26)5-2)21(32-19(28)6-3)20(29)16(15-25)31-22(23)30/h4,16-17,19-22,25-26,28-30H,1,5-15H2,2-3H3,(H,24,27)/t16-,17?,19?,20-,21+,22?,23-/m1/s1. The molecule has 0 bridgehead atoms. The normalized spacial score (nSPS) is 30.0. The molecule has 6 N–H and O–H groups in total. The molecule has 3 unspecified atom stereocenters. The molecule has 188 valence electrons. The highest BCUT2D eigenvalue weighted by molar-refractivity contribution is 5.77. The van der Waals surface area contributed by atoms with Gasteiger partial charge in [-0.15, -0.1) is 6.58 Å². The Morgan fingerprint density at radius 1 is 1.12 bits per heavy atom. The van der Waals surface area contributed by atoms with Crippen LogP contribution in [0.15, 0.2) is 12.7 Å². The zero-order valence-corrected chi connectivity index (χ0v) is 19.5. The van der Waals surface area contributed by atoms with E-state index in [0.29, 0.717) is 6.42 Å². The zero-order chi connectivity index (χ0) is 24.1. The zero-order valence-electron chi connectivity index (χ0n) is 19.5. The van der Waals surface area contributed by atoms with Crippen molar-refractivity contribution in [2.75, 3.05) is 6.61 Å². The Morgan fingerprint density at radius 2 is 1.75 bits per heavy atom. The Kier molecular flexibility index (Phi) is 13.5. The van der Waals surface area contributed by atoms with Crippen molar-refractivity contribution in [1.82, 2.24) is 5.32 Å². The van der Waals surface area contributed by atoms with E-state index in [2.05, 4.69) is 11.9 Å². The van der Waals surface area contributed by atoms with E-state index in [1.165, 1.54) is 0 Å². The molecule has 9 nitrogen and oxygen atoms in total. The molecule has 0 aliphatic carbocycles. The average Bonchev–Trinajstić information content (AvgIpc) is 2.79. The summed E-state index contributed by atoms with van der Waals surface area (Å²) in [5.74, 6) is -0.430. The highest BCUT2D eigenvalue weighted by atomic mass is 16.7. The molecular formula is C23H43NO8. The number of hydrogen-bond donors (Lipinski definition) is 6. The minimum Gasteiger partial charge on any atom is -0.394 e. The molecule has 0 aromatic carbocycles. The van der Waals surface area contributed by atoms with E-state index in [9.17, 15) is 30.3 Å². The maximum atomic E-state index is 12.8. The largest absolute Gasteiger partial charge is 0.394 e. The molecule has 1 rings (SSSR count). The van der Waals surface area contributed by atoms with Gasteiger partial charge in [-0.3, -0.25) is 4.79 Å². The number of carbonyl (C=O) groups is 1. The molecule has 9 heteroatoms. The molecule has 32 heavy (non-hydrogen) atoms. The summed E-state index contributed by atoms with van der Waals surface area (Å²) in [7, 11) is 0. The molecular weight excluding hydrogens is 418 g/mol. The van der Waals surface area contributed by atoms with Crippen molar-refractivity contribution in [1.29, 1.82) is 0 Å². The van der Waals surface area contributed by atoms with Gasteiger partial charge in [-0.1, -0.05) is 45.6 Å². The molecule has 0 aromatic heterocycles. The summed E-state index contributed by atoms with van der Waals surface area (Å²) < 4.78 is 10.9. The SMILES string of the molecule is C=CCCCCCCCCC(=O)N[C@@]1(C(O)CC)C(O)O[C@H](CO)[C@@H](O)[C@@H]1OC(O)CC. The smallest absolute Gasteiger partial charge is 0.220 e. The minimum atomic E-state index is -1.91. The molecule has 1 fully saturated rings. The molecule has 1 amide bonds. The number of hydrogen-bond acceptors (Lipinski definition) is 8. The molecule has 0 aromatic rings. The monoisotopic (exact) mass is 461 g/mol. The lowest BCUT2D eigenvalue weighted by atomic mass is 9.77. The van der Waals surface area contributed by atoms with Crippen LogP contribution in [0.25, 0.3) is 0 Å². The van der Waals surface area contributed by atoms with E-state index in [0.717, 1.165) is 38.5 Å². The first kappa shape index (κ1) is 29.0. The van der Waals surface area contributed by atoms with Crippen molar-refractivity contribution < 1.29 is 39.8 Å². The molecule has 0 spiro atoms. The number of rotatable bonds is 16. The predicted octanol–water partition coefficient (Wildman–Crippen LogP) is 1.10. The second-order valence-electron chi connectivity index (χ2n) is 8.47. The van der Waals surface area contributed by atoms with Gasteiger partial charge in [-0.05, 0) is 32.1 Å². The molecule has 0 radical (unpaired) electrons. The summed E-state index contributed by atoms with van der Waals surface area (Å²) in [4.78, 5) is 12.8. The average molecular weight is 462 g/mol. The van der Waals surface area contributed by atoms with Crippen LogP contribution in [-0.2, 0) is 14.3 Å². The Labute approximate surface area is 191 Å². The number of nitrogens with one attached hydrogen (secondary N) is 1. The maximum absolute atomic E-state index is 12.8. The van der Waals surface area contributed by atoms with E-state index in [1.54, 1.807) is 13.8 Å². The third kappa shape index (κ3) is 7.76. The van der Waals surface area contributed by atoms with Gasteiger partial charge in [0.05, 0.1) is 12.7 Å². The van der Waals surface area contributed by atoms with Crippen molar-refractivity contribution in [3.05, 3.63) is 12.7 Å². The van der Waals surface area contributed by atoms with Gasteiger partial charge in [0.15, 0.2) is 12.6 Å². The van der Waals surface area contributed by atoms with Crippen LogP contribution >= 0.6 is 0 Å². The number of aliphatic hydroxyl groups is 5. The lowest BCUT2D eigenvalue weighted by Crippen LogP contribution is -2.78. The lowest BCUT2D eigenvalue weighted by molar-refractivity contribution is -0.326. The first-order valence-electron chi connectivity index (χ1n) is 11.8. The van der Waals surface area contributed by atoms with Gasteiger partial charge in [-0.25, -0.2) is 0 Å². The number of allylic oxidation sites excluding steroid dienone is 1. The van der Waals surface area contributed by atoms with E-state index in [-0.39, 0.29) is 19.3 Å². The third-order valence-electron chi connectivity index (χ3n) is 6.06. The fourth-order valence-corrected chi connectivity index (χ4v) is 4.08. The van der Waals surface area contributed by atoms with E-state index in [1.807, 2.05) is 6.08 Å². The predicted molar refractivity (Wildman–Crippen MR) is 119 cm³/mol. The van der Waals surface area contributed by atoms with Crippen molar-refractivity contribution in [3.8, 4) is 0 Å². The van der Waals surface area contributed by atoms with Gasteiger partial charge in [0.2, 0.25) is 5.91 Å². The number of aliphatic hydroxyl groups excluding tert-OH is 5. The van der Waals surface area contributed by atoms with Gasteiger partial charge in [0.25, 0.3) is 0 Å². The second kappa shape index (κ2) is 15.0. The number of ether oxygens (including phenoxy) is 2. The van der Waals surface area contributed by atoms with E-state index in [4.69, 9.17) is 9.47 Å². The molecule has 1 heterocycles. The number of carbonyl (C=O) groups excluding carboxylic acids is 1. The van der Waals surface area contributed by atoms with Crippen molar-refractivity contribution in [2.45, 2.75) is 121 Å². The van der Waals surface area contributed by atoms with E-state index >= 15 is 0 Å². The van der Waals surface area contributed by atoms with Crippen LogP contribution in [0.4, 0.5) is 0 Å². The summed E-state index contributed by atoms with van der Waals surface area (Å²) in [6, 6.07) is 0. The highest BCUT2D eigenvalue weighted by Gasteiger charge is 2.61. The van der Waals surface area contributed by atoms with Crippen molar-refractivity contribution in [3.63, 3.8) is 0 Å². The van der Waals surface area contributed by atoms with Gasteiger partial charge in [0, 0.05) is 6.42 Å². The van der Waals surface area contributed by atoms with Crippen LogP contribution in [-0.4, -0.2) is 80.6 Å². The first-order valence-corrected chi connectivity index (χ1v) is 11.8. The highest BCUT2D eigenvalue weighted by Crippen LogP contribution is 2.36. The van der Waals surface area contributed by atoms with Gasteiger partial charge in [0.1, 0.15) is 23.9 Å². The van der Waals surface area contributed by atoms with Crippen LogP contribution < -0.4 is 5.32 Å². The summed E-state index contributed by atoms with van der Waals surface area (Å²) in [6.07, 6.45) is 0.697. The summed E-state index contributed by atoms with van der Waals surface area (Å²) in [5, 5.41) is 54.5. The third-order valence-corrected chi connectivity index (χ3v) is 6.06. The molecule has 0 saturated carbocycles. The quantitative estimate of drug-likeness (QED) is 0.114.